The minimum Gasteiger partial charge on any atom is -0.392 e. The number of halogens is 1. The Hall–Kier alpha value is -1.40. The molecule has 0 saturated heterocycles. The van der Waals surface area contributed by atoms with Gasteiger partial charge in [-0.15, -0.1) is 0 Å². The molecular weight excluding hydrogens is 350 g/mol. The number of H-pyrrole nitrogens is 1. The van der Waals surface area contributed by atoms with E-state index in [1.807, 2.05) is 31.2 Å². The van der Waals surface area contributed by atoms with Crippen molar-refractivity contribution in [2.45, 2.75) is 50.9 Å². The molecule has 0 amide bonds. The van der Waals surface area contributed by atoms with Crippen molar-refractivity contribution in [1.29, 1.82) is 0 Å². The van der Waals surface area contributed by atoms with Crippen LogP contribution in [0.1, 0.15) is 37.4 Å². The number of rotatable bonds is 6. The molecule has 2 heterocycles. The van der Waals surface area contributed by atoms with E-state index in [1.165, 1.54) is 11.3 Å². The van der Waals surface area contributed by atoms with Gasteiger partial charge in [-0.05, 0) is 37.8 Å². The average Bonchev–Trinajstić information content (AvgIpc) is 3.37. The first-order chi connectivity index (χ1) is 12.4. The van der Waals surface area contributed by atoms with E-state index in [9.17, 15) is 10.2 Å². The molecular formula is C20H26ClN3O2. The maximum absolute atomic E-state index is 10.5. The molecule has 0 bridgehead atoms. The number of benzene rings is 1. The third-order valence-electron chi connectivity index (χ3n) is 5.70. The molecule has 2 unspecified atom stereocenters. The summed E-state index contributed by atoms with van der Waals surface area (Å²) in [4.78, 5) is 2.25. The van der Waals surface area contributed by atoms with Crippen LogP contribution in [0, 0.1) is 5.92 Å². The highest BCUT2D eigenvalue weighted by molar-refractivity contribution is 6.30. The van der Waals surface area contributed by atoms with Crippen LogP contribution in [0.3, 0.4) is 0 Å². The number of β-amino-alcohol motifs (C(OH)–C–C–N with tert-alkyl or cyclic N) is 1. The van der Waals surface area contributed by atoms with Gasteiger partial charge in [-0.2, -0.15) is 5.10 Å². The second kappa shape index (κ2) is 6.97. The number of aliphatic hydroxyl groups excluding tert-OH is 1. The number of aliphatic hydroxyl groups is 2. The Bertz CT molecular complexity index is 768. The third-order valence-corrected chi connectivity index (χ3v) is 5.96. The number of hydrogen-bond acceptors (Lipinski definition) is 4. The molecule has 1 aliphatic heterocycles. The molecule has 1 aliphatic carbocycles. The number of hydrogen-bond donors (Lipinski definition) is 3. The number of aromatic nitrogens is 2. The van der Waals surface area contributed by atoms with E-state index in [-0.39, 0.29) is 0 Å². The quantitative estimate of drug-likeness (QED) is 0.725. The molecule has 2 atom stereocenters. The van der Waals surface area contributed by atoms with Crippen molar-refractivity contribution in [3.05, 3.63) is 40.5 Å². The molecule has 6 heteroatoms. The third kappa shape index (κ3) is 3.81. The molecule has 26 heavy (non-hydrogen) atoms. The fraction of sp³-hybridized carbons (Fsp3) is 0.550. The zero-order chi connectivity index (χ0) is 18.3. The van der Waals surface area contributed by atoms with Gasteiger partial charge in [0.15, 0.2) is 0 Å². The minimum atomic E-state index is -0.746. The largest absolute Gasteiger partial charge is 0.392 e. The lowest BCUT2D eigenvalue weighted by Gasteiger charge is -2.32. The SMILES string of the molecule is CC(O)(CC(O)CN1CCc2[nH]nc(-c3ccc(Cl)cc3)c2C1)C1CC1. The summed E-state index contributed by atoms with van der Waals surface area (Å²) in [5.41, 5.74) is 3.63. The first kappa shape index (κ1) is 18.0. The van der Waals surface area contributed by atoms with Gasteiger partial charge < -0.3 is 10.2 Å². The van der Waals surface area contributed by atoms with Crippen LogP contribution in [-0.4, -0.2) is 50.1 Å². The lowest BCUT2D eigenvalue weighted by atomic mass is 9.92. The fourth-order valence-corrected chi connectivity index (χ4v) is 4.19. The Morgan fingerprint density at radius 2 is 2.08 bits per heavy atom. The Labute approximate surface area is 159 Å². The maximum Gasteiger partial charge on any atom is 0.0968 e. The molecule has 0 spiro atoms. The monoisotopic (exact) mass is 375 g/mol. The highest BCUT2D eigenvalue weighted by atomic mass is 35.5. The number of nitrogens with one attached hydrogen (secondary N) is 1. The number of fused-ring (bicyclic) bond motifs is 1. The molecule has 1 fully saturated rings. The Morgan fingerprint density at radius 3 is 2.77 bits per heavy atom. The fourth-order valence-electron chi connectivity index (χ4n) is 4.06. The predicted molar refractivity (Wildman–Crippen MR) is 102 cm³/mol. The van der Waals surface area contributed by atoms with Crippen molar-refractivity contribution in [2.75, 3.05) is 13.1 Å². The van der Waals surface area contributed by atoms with Crippen molar-refractivity contribution < 1.29 is 10.2 Å². The zero-order valence-corrected chi connectivity index (χ0v) is 15.8. The van der Waals surface area contributed by atoms with Gasteiger partial charge in [-0.3, -0.25) is 10.00 Å². The highest BCUT2D eigenvalue weighted by Crippen LogP contribution is 2.42. The van der Waals surface area contributed by atoms with Gasteiger partial charge >= 0.3 is 0 Å². The second-order valence-corrected chi connectivity index (χ2v) is 8.45. The van der Waals surface area contributed by atoms with Crippen LogP contribution in [-0.2, 0) is 13.0 Å². The van der Waals surface area contributed by atoms with E-state index >= 15 is 0 Å². The van der Waals surface area contributed by atoms with Crippen molar-refractivity contribution in [1.82, 2.24) is 15.1 Å². The van der Waals surface area contributed by atoms with Gasteiger partial charge in [0.25, 0.3) is 0 Å². The molecule has 1 aromatic carbocycles. The standard InChI is InChI=1S/C20H26ClN3O2/c1-20(26,14-4-5-14)10-16(25)11-24-9-8-18-17(12-24)19(23-22-18)13-2-6-15(21)7-3-13/h2-3,6-7,14,16,25-26H,4-5,8-12H2,1H3,(H,22,23). The summed E-state index contributed by atoms with van der Waals surface area (Å²) < 4.78 is 0. The topological polar surface area (TPSA) is 72.4 Å². The molecule has 0 radical (unpaired) electrons. The number of nitrogens with zero attached hydrogens (tertiary/aromatic N) is 2. The van der Waals surface area contributed by atoms with E-state index in [0.717, 1.165) is 43.6 Å². The number of aromatic amines is 1. The van der Waals surface area contributed by atoms with E-state index in [1.54, 1.807) is 0 Å². The molecule has 2 aliphatic rings. The van der Waals surface area contributed by atoms with Gasteiger partial charge in [-0.1, -0.05) is 23.7 Å². The van der Waals surface area contributed by atoms with E-state index in [2.05, 4.69) is 15.1 Å². The summed E-state index contributed by atoms with van der Waals surface area (Å²) in [6.07, 6.45) is 2.97. The summed E-state index contributed by atoms with van der Waals surface area (Å²) in [5.74, 6) is 0.357. The summed E-state index contributed by atoms with van der Waals surface area (Å²) in [6.45, 7) is 4.08. The summed E-state index contributed by atoms with van der Waals surface area (Å²) >= 11 is 5.99. The molecule has 140 valence electrons. The van der Waals surface area contributed by atoms with Crippen molar-refractivity contribution >= 4 is 11.6 Å². The molecule has 4 rings (SSSR count). The van der Waals surface area contributed by atoms with Crippen molar-refractivity contribution in [3.8, 4) is 11.3 Å². The second-order valence-electron chi connectivity index (χ2n) is 8.01. The highest BCUT2D eigenvalue weighted by Gasteiger charge is 2.41. The van der Waals surface area contributed by atoms with Crippen LogP contribution in [0.4, 0.5) is 0 Å². The maximum atomic E-state index is 10.5. The van der Waals surface area contributed by atoms with Crippen LogP contribution in [0.15, 0.2) is 24.3 Å². The average molecular weight is 376 g/mol. The predicted octanol–water partition coefficient (Wildman–Crippen LogP) is 3.00. The summed E-state index contributed by atoms with van der Waals surface area (Å²) in [5, 5.41) is 29.4. The Kier molecular flexibility index (Phi) is 4.82. The van der Waals surface area contributed by atoms with Crippen LogP contribution in [0.25, 0.3) is 11.3 Å². The van der Waals surface area contributed by atoms with Gasteiger partial charge in [0.2, 0.25) is 0 Å². The van der Waals surface area contributed by atoms with Crippen molar-refractivity contribution in [3.63, 3.8) is 0 Å². The van der Waals surface area contributed by atoms with Gasteiger partial charge in [0.1, 0.15) is 0 Å². The molecule has 5 nitrogen and oxygen atoms in total. The first-order valence-electron chi connectivity index (χ1n) is 9.37. The first-order valence-corrected chi connectivity index (χ1v) is 9.75. The molecule has 2 aromatic rings. The van der Waals surface area contributed by atoms with Gasteiger partial charge in [0.05, 0.1) is 17.4 Å². The van der Waals surface area contributed by atoms with Crippen molar-refractivity contribution in [2.24, 2.45) is 5.92 Å². The van der Waals surface area contributed by atoms with Crippen LogP contribution in [0.5, 0.6) is 0 Å². The van der Waals surface area contributed by atoms with E-state index in [4.69, 9.17) is 11.6 Å². The van der Waals surface area contributed by atoms with Crippen LogP contribution < -0.4 is 0 Å². The molecule has 3 N–H and O–H groups in total. The minimum absolute atomic E-state index is 0.357. The van der Waals surface area contributed by atoms with E-state index in [0.29, 0.717) is 23.9 Å². The van der Waals surface area contributed by atoms with Gasteiger partial charge in [0, 0.05) is 54.3 Å². The zero-order valence-electron chi connectivity index (χ0n) is 15.1. The normalized spacial score (nSPS) is 21.2. The van der Waals surface area contributed by atoms with Crippen LogP contribution >= 0.6 is 11.6 Å². The van der Waals surface area contributed by atoms with Gasteiger partial charge in [-0.25, -0.2) is 0 Å². The Balaban J connectivity index is 1.44. The molecule has 1 saturated carbocycles. The summed E-state index contributed by atoms with van der Waals surface area (Å²) in [6, 6.07) is 7.73. The lowest BCUT2D eigenvalue weighted by Crippen LogP contribution is -2.41. The van der Waals surface area contributed by atoms with E-state index < -0.39 is 11.7 Å². The van der Waals surface area contributed by atoms with Crippen LogP contribution in [0.2, 0.25) is 5.02 Å². The lowest BCUT2D eigenvalue weighted by molar-refractivity contribution is -0.0234. The smallest absolute Gasteiger partial charge is 0.0968 e. The Morgan fingerprint density at radius 1 is 1.35 bits per heavy atom. The summed E-state index contributed by atoms with van der Waals surface area (Å²) in [7, 11) is 0. The molecule has 1 aromatic heterocycles.